The third-order valence-corrected chi connectivity index (χ3v) is 2.73. The van der Waals surface area contributed by atoms with Gasteiger partial charge in [0.05, 0.1) is 5.56 Å². The standard InChI is InChI=1S/C15H14FN3O2/c1-10(20)19-12-6-4-11(5-7-12)9-18-15(21)13-3-2-8-17-14(13)16/h2-8H,9H2,1H3,(H,18,21)(H,19,20). The molecule has 0 aliphatic heterocycles. The van der Waals surface area contributed by atoms with E-state index in [0.717, 1.165) is 5.56 Å². The summed E-state index contributed by atoms with van der Waals surface area (Å²) in [6.45, 7) is 1.68. The van der Waals surface area contributed by atoms with Gasteiger partial charge in [0.2, 0.25) is 11.9 Å². The molecule has 0 aliphatic carbocycles. The van der Waals surface area contributed by atoms with Gasteiger partial charge < -0.3 is 10.6 Å². The SMILES string of the molecule is CC(=O)Nc1ccc(CNC(=O)c2cccnc2F)cc1. The molecule has 1 aromatic carbocycles. The molecule has 5 nitrogen and oxygen atoms in total. The number of nitrogens with one attached hydrogen (secondary N) is 2. The molecule has 0 atom stereocenters. The summed E-state index contributed by atoms with van der Waals surface area (Å²) < 4.78 is 13.3. The number of anilines is 1. The number of halogens is 1. The van der Waals surface area contributed by atoms with E-state index in [2.05, 4.69) is 15.6 Å². The molecule has 0 aliphatic rings. The lowest BCUT2D eigenvalue weighted by Gasteiger charge is -2.07. The third kappa shape index (κ3) is 4.10. The molecule has 2 rings (SSSR count). The number of nitrogens with zero attached hydrogens (tertiary/aromatic N) is 1. The molecular formula is C15H14FN3O2. The molecule has 0 saturated carbocycles. The monoisotopic (exact) mass is 287 g/mol. The van der Waals surface area contributed by atoms with E-state index in [1.807, 2.05) is 0 Å². The lowest BCUT2D eigenvalue weighted by molar-refractivity contribution is -0.114. The van der Waals surface area contributed by atoms with Crippen LogP contribution in [0.4, 0.5) is 10.1 Å². The zero-order chi connectivity index (χ0) is 15.2. The van der Waals surface area contributed by atoms with Crippen LogP contribution in [0.25, 0.3) is 0 Å². The Morgan fingerprint density at radius 2 is 1.90 bits per heavy atom. The Bertz CT molecular complexity index is 656. The molecule has 1 heterocycles. The first-order valence-corrected chi connectivity index (χ1v) is 6.31. The Kier molecular flexibility index (Phi) is 4.61. The predicted octanol–water partition coefficient (Wildman–Crippen LogP) is 2.11. The molecule has 6 heteroatoms. The van der Waals surface area contributed by atoms with Gasteiger partial charge in [0.15, 0.2) is 0 Å². The van der Waals surface area contributed by atoms with E-state index in [1.165, 1.54) is 25.3 Å². The molecule has 21 heavy (non-hydrogen) atoms. The van der Waals surface area contributed by atoms with Gasteiger partial charge in [-0.15, -0.1) is 0 Å². The Morgan fingerprint density at radius 1 is 1.19 bits per heavy atom. The number of hydrogen-bond acceptors (Lipinski definition) is 3. The highest BCUT2D eigenvalue weighted by Crippen LogP contribution is 2.10. The summed E-state index contributed by atoms with van der Waals surface area (Å²) in [5, 5.41) is 5.26. The van der Waals surface area contributed by atoms with Crippen LogP contribution in [0.15, 0.2) is 42.6 Å². The van der Waals surface area contributed by atoms with Crippen molar-refractivity contribution in [3.05, 3.63) is 59.7 Å². The first kappa shape index (κ1) is 14.6. The van der Waals surface area contributed by atoms with E-state index in [9.17, 15) is 14.0 Å². The molecule has 0 radical (unpaired) electrons. The molecule has 2 amide bonds. The Balaban J connectivity index is 1.95. The van der Waals surface area contributed by atoms with E-state index < -0.39 is 11.9 Å². The Morgan fingerprint density at radius 3 is 2.52 bits per heavy atom. The Hall–Kier alpha value is -2.76. The number of amides is 2. The van der Waals surface area contributed by atoms with Crippen molar-refractivity contribution in [2.45, 2.75) is 13.5 Å². The highest BCUT2D eigenvalue weighted by molar-refractivity contribution is 5.94. The molecule has 0 bridgehead atoms. The average molecular weight is 287 g/mol. The second-order valence-electron chi connectivity index (χ2n) is 4.40. The number of rotatable bonds is 4. The van der Waals surface area contributed by atoms with E-state index >= 15 is 0 Å². The fourth-order valence-corrected chi connectivity index (χ4v) is 1.74. The van der Waals surface area contributed by atoms with E-state index in [4.69, 9.17) is 0 Å². The van der Waals surface area contributed by atoms with Crippen molar-refractivity contribution in [3.8, 4) is 0 Å². The minimum atomic E-state index is -0.795. The minimum absolute atomic E-state index is 0.0904. The molecule has 1 aromatic heterocycles. The fourth-order valence-electron chi connectivity index (χ4n) is 1.74. The number of carbonyl (C=O) groups is 2. The first-order valence-electron chi connectivity index (χ1n) is 6.31. The summed E-state index contributed by atoms with van der Waals surface area (Å²) in [6, 6.07) is 9.87. The molecule has 0 unspecified atom stereocenters. The van der Waals surface area contributed by atoms with Crippen LogP contribution in [0.5, 0.6) is 0 Å². The van der Waals surface area contributed by atoms with Gasteiger partial charge in [-0.05, 0) is 29.8 Å². The summed E-state index contributed by atoms with van der Waals surface area (Å²) in [5.41, 5.74) is 1.42. The van der Waals surface area contributed by atoms with Gasteiger partial charge in [0.1, 0.15) is 0 Å². The predicted molar refractivity (Wildman–Crippen MR) is 76.1 cm³/mol. The van der Waals surface area contributed by atoms with Gasteiger partial charge in [-0.1, -0.05) is 12.1 Å². The molecule has 2 N–H and O–H groups in total. The van der Waals surface area contributed by atoms with Crippen LogP contribution in [0.2, 0.25) is 0 Å². The minimum Gasteiger partial charge on any atom is -0.348 e. The largest absolute Gasteiger partial charge is 0.348 e. The number of pyridine rings is 1. The van der Waals surface area contributed by atoms with E-state index in [0.29, 0.717) is 5.69 Å². The highest BCUT2D eigenvalue weighted by Gasteiger charge is 2.11. The van der Waals surface area contributed by atoms with E-state index in [-0.39, 0.29) is 18.0 Å². The van der Waals surface area contributed by atoms with Crippen molar-refractivity contribution in [2.75, 3.05) is 5.32 Å². The second-order valence-corrected chi connectivity index (χ2v) is 4.40. The van der Waals surface area contributed by atoms with Crippen LogP contribution >= 0.6 is 0 Å². The summed E-state index contributed by atoms with van der Waals surface area (Å²) in [4.78, 5) is 26.1. The first-order chi connectivity index (χ1) is 10.1. The van der Waals surface area contributed by atoms with Crippen molar-refractivity contribution in [3.63, 3.8) is 0 Å². The summed E-state index contributed by atoms with van der Waals surface area (Å²) in [6.07, 6.45) is 1.28. The van der Waals surface area contributed by atoms with Gasteiger partial charge in [-0.25, -0.2) is 4.98 Å². The van der Waals surface area contributed by atoms with Gasteiger partial charge in [-0.2, -0.15) is 4.39 Å². The maximum Gasteiger partial charge on any atom is 0.256 e. The van der Waals surface area contributed by atoms with Crippen LogP contribution in [-0.2, 0) is 11.3 Å². The lowest BCUT2D eigenvalue weighted by atomic mass is 10.2. The molecule has 108 valence electrons. The molecule has 0 spiro atoms. The maximum atomic E-state index is 13.3. The van der Waals surface area contributed by atoms with Crippen LogP contribution < -0.4 is 10.6 Å². The van der Waals surface area contributed by atoms with Gasteiger partial charge in [-0.3, -0.25) is 9.59 Å². The van der Waals surface area contributed by atoms with E-state index in [1.54, 1.807) is 24.3 Å². The molecule has 2 aromatic rings. The van der Waals surface area contributed by atoms with Crippen LogP contribution in [0.3, 0.4) is 0 Å². The zero-order valence-electron chi connectivity index (χ0n) is 11.4. The third-order valence-electron chi connectivity index (χ3n) is 2.73. The Labute approximate surface area is 121 Å². The zero-order valence-corrected chi connectivity index (χ0v) is 11.4. The summed E-state index contributed by atoms with van der Waals surface area (Å²) >= 11 is 0. The summed E-state index contributed by atoms with van der Waals surface area (Å²) in [7, 11) is 0. The molecule has 0 fully saturated rings. The fraction of sp³-hybridized carbons (Fsp3) is 0.133. The number of carbonyl (C=O) groups excluding carboxylic acids is 2. The van der Waals surface area contributed by atoms with Gasteiger partial charge in [0, 0.05) is 25.4 Å². The van der Waals surface area contributed by atoms with Crippen molar-refractivity contribution >= 4 is 17.5 Å². The highest BCUT2D eigenvalue weighted by atomic mass is 19.1. The topological polar surface area (TPSA) is 71.1 Å². The lowest BCUT2D eigenvalue weighted by Crippen LogP contribution is -2.24. The smallest absolute Gasteiger partial charge is 0.256 e. The number of benzene rings is 1. The number of aromatic nitrogens is 1. The van der Waals surface area contributed by atoms with Crippen molar-refractivity contribution in [1.82, 2.24) is 10.3 Å². The van der Waals surface area contributed by atoms with Gasteiger partial charge in [0.25, 0.3) is 5.91 Å². The quantitative estimate of drug-likeness (QED) is 0.846. The maximum absolute atomic E-state index is 13.3. The van der Waals surface area contributed by atoms with Crippen molar-refractivity contribution in [1.29, 1.82) is 0 Å². The van der Waals surface area contributed by atoms with Crippen molar-refractivity contribution < 1.29 is 14.0 Å². The summed E-state index contributed by atoms with van der Waals surface area (Å²) in [5.74, 6) is -1.47. The number of hydrogen-bond donors (Lipinski definition) is 2. The second kappa shape index (κ2) is 6.60. The molecule has 0 saturated heterocycles. The van der Waals surface area contributed by atoms with Gasteiger partial charge >= 0.3 is 0 Å². The van der Waals surface area contributed by atoms with Crippen LogP contribution in [0.1, 0.15) is 22.8 Å². The van der Waals surface area contributed by atoms with Crippen LogP contribution in [-0.4, -0.2) is 16.8 Å². The average Bonchev–Trinajstić information content (AvgIpc) is 2.46. The molecular weight excluding hydrogens is 273 g/mol. The van der Waals surface area contributed by atoms with Crippen LogP contribution in [0, 0.1) is 5.95 Å². The van der Waals surface area contributed by atoms with Crippen molar-refractivity contribution in [2.24, 2.45) is 0 Å². The normalized spacial score (nSPS) is 10.0.